The lowest BCUT2D eigenvalue weighted by molar-refractivity contribution is 0.865. The average Bonchev–Trinajstić information content (AvgIpc) is 2.50. The van der Waals surface area contributed by atoms with Gasteiger partial charge in [0.25, 0.3) is 0 Å². The maximum Gasteiger partial charge on any atom is 0.0422 e. The van der Waals surface area contributed by atoms with Gasteiger partial charge >= 0.3 is 0 Å². The molecule has 1 aromatic rings. The van der Waals surface area contributed by atoms with E-state index in [2.05, 4.69) is 29.6 Å². The van der Waals surface area contributed by atoms with Crippen LogP contribution < -0.4 is 21.5 Å². The number of rotatable bonds is 0. The summed E-state index contributed by atoms with van der Waals surface area (Å²) in [6.07, 6.45) is 3.17. The van der Waals surface area contributed by atoms with Crippen LogP contribution in [0.25, 0.3) is 11.6 Å². The summed E-state index contributed by atoms with van der Waals surface area (Å²) in [6.45, 7) is 0.980. The number of hydrogen-bond donors (Lipinski definition) is 2. The maximum absolute atomic E-state index is 5.93. The minimum absolute atomic E-state index is 0.206. The third-order valence-electron chi connectivity index (χ3n) is 2.82. The summed E-state index contributed by atoms with van der Waals surface area (Å²) >= 11 is 0. The molecule has 0 saturated carbocycles. The molecule has 1 heterocycles. The molecule has 1 aromatic carbocycles. The smallest absolute Gasteiger partial charge is 0.0422 e. The lowest BCUT2D eigenvalue weighted by atomic mass is 9.98. The van der Waals surface area contributed by atoms with Gasteiger partial charge in [0, 0.05) is 23.5 Å². The summed E-state index contributed by atoms with van der Waals surface area (Å²) in [4.78, 5) is 0. The molecule has 2 heteroatoms. The van der Waals surface area contributed by atoms with Crippen LogP contribution in [0, 0.1) is 0 Å². The first-order valence-corrected chi connectivity index (χ1v) is 4.67. The van der Waals surface area contributed by atoms with Crippen LogP contribution in [-0.4, -0.2) is 12.6 Å². The second-order valence-electron chi connectivity index (χ2n) is 3.76. The van der Waals surface area contributed by atoms with Gasteiger partial charge in [0.2, 0.25) is 0 Å². The van der Waals surface area contributed by atoms with E-state index in [-0.39, 0.29) is 6.04 Å². The van der Waals surface area contributed by atoms with Crippen molar-refractivity contribution in [3.63, 3.8) is 0 Å². The van der Waals surface area contributed by atoms with Crippen molar-refractivity contribution in [2.24, 2.45) is 5.73 Å². The Morgan fingerprint density at radius 1 is 1.38 bits per heavy atom. The molecule has 0 radical (unpaired) electrons. The first-order chi connectivity index (χ1) is 6.34. The highest BCUT2D eigenvalue weighted by Crippen LogP contribution is 2.15. The fourth-order valence-corrected chi connectivity index (χ4v) is 2.29. The summed E-state index contributed by atoms with van der Waals surface area (Å²) in [6, 6.07) is 6.57. The molecule has 2 aliphatic rings. The number of nitrogens with two attached hydrogens (primary N) is 1. The summed E-state index contributed by atoms with van der Waals surface area (Å²) in [5.41, 5.74) is 8.68. The molecule has 66 valence electrons. The molecular formula is C11H12N2. The first kappa shape index (κ1) is 7.15. The first-order valence-electron chi connectivity index (χ1n) is 4.67. The Kier molecular flexibility index (Phi) is 1.30. The highest BCUT2D eigenvalue weighted by atomic mass is 14.9. The molecule has 1 aliphatic carbocycles. The van der Waals surface area contributed by atoms with Gasteiger partial charge < -0.3 is 11.1 Å². The lowest BCUT2D eigenvalue weighted by Crippen LogP contribution is -2.35. The van der Waals surface area contributed by atoms with Crippen LogP contribution in [0.4, 0.5) is 5.69 Å². The number of hydrogen-bond acceptors (Lipinski definition) is 2. The van der Waals surface area contributed by atoms with Crippen LogP contribution >= 0.6 is 0 Å². The van der Waals surface area contributed by atoms with Gasteiger partial charge in [-0.05, 0) is 23.3 Å². The fraction of sp³-hybridized carbons (Fsp3) is 0.273. The normalized spacial score (nSPS) is 23.5. The Labute approximate surface area is 76.8 Å². The van der Waals surface area contributed by atoms with Crippen molar-refractivity contribution in [2.45, 2.75) is 12.5 Å². The lowest BCUT2D eigenvalue weighted by Gasteiger charge is -2.11. The molecule has 0 fully saturated rings. The Bertz CT molecular complexity index is 473. The quantitative estimate of drug-likeness (QED) is 0.567. The van der Waals surface area contributed by atoms with Crippen molar-refractivity contribution in [3.8, 4) is 0 Å². The van der Waals surface area contributed by atoms with Crippen molar-refractivity contribution < 1.29 is 0 Å². The summed E-state index contributed by atoms with van der Waals surface area (Å²) in [7, 11) is 0. The minimum Gasteiger partial charge on any atom is -0.381 e. The van der Waals surface area contributed by atoms with Crippen molar-refractivity contribution in [1.29, 1.82) is 0 Å². The van der Waals surface area contributed by atoms with Gasteiger partial charge in [-0.3, -0.25) is 0 Å². The molecule has 1 aliphatic heterocycles. The van der Waals surface area contributed by atoms with Crippen LogP contribution in [0.2, 0.25) is 0 Å². The minimum atomic E-state index is 0.206. The Morgan fingerprint density at radius 3 is 3.23 bits per heavy atom. The molecule has 1 unspecified atom stereocenters. The fourth-order valence-electron chi connectivity index (χ4n) is 2.29. The van der Waals surface area contributed by atoms with E-state index >= 15 is 0 Å². The second kappa shape index (κ2) is 2.36. The van der Waals surface area contributed by atoms with Crippen LogP contribution in [0.15, 0.2) is 18.2 Å². The van der Waals surface area contributed by atoms with E-state index in [1.165, 1.54) is 21.7 Å². The highest BCUT2D eigenvalue weighted by molar-refractivity contribution is 5.70. The van der Waals surface area contributed by atoms with E-state index in [4.69, 9.17) is 5.73 Å². The molecule has 2 nitrogen and oxygen atoms in total. The van der Waals surface area contributed by atoms with Crippen molar-refractivity contribution in [2.75, 3.05) is 11.9 Å². The van der Waals surface area contributed by atoms with Gasteiger partial charge in [-0.2, -0.15) is 0 Å². The van der Waals surface area contributed by atoms with Crippen LogP contribution in [0.3, 0.4) is 0 Å². The van der Waals surface area contributed by atoms with Crippen molar-refractivity contribution >= 4 is 17.3 Å². The topological polar surface area (TPSA) is 38.0 Å². The molecule has 1 atom stereocenters. The van der Waals surface area contributed by atoms with Crippen molar-refractivity contribution in [3.05, 3.63) is 28.6 Å². The number of benzene rings is 1. The van der Waals surface area contributed by atoms with Gasteiger partial charge in [0.05, 0.1) is 0 Å². The van der Waals surface area contributed by atoms with E-state index in [0.29, 0.717) is 0 Å². The SMILES string of the molecule is NC1C=c2cccc3c2=C(CN3)C1. The molecule has 0 amide bonds. The Balaban J connectivity index is 2.46. The van der Waals surface area contributed by atoms with E-state index < -0.39 is 0 Å². The third kappa shape index (κ3) is 0.923. The predicted molar refractivity (Wildman–Crippen MR) is 54.6 cm³/mol. The largest absolute Gasteiger partial charge is 0.381 e. The zero-order valence-electron chi connectivity index (χ0n) is 7.38. The highest BCUT2D eigenvalue weighted by Gasteiger charge is 2.16. The summed E-state index contributed by atoms with van der Waals surface area (Å²) in [5, 5.41) is 6.10. The van der Waals surface area contributed by atoms with E-state index in [1.807, 2.05) is 0 Å². The van der Waals surface area contributed by atoms with Gasteiger partial charge in [-0.1, -0.05) is 18.2 Å². The molecule has 3 N–H and O–H groups in total. The molecule has 3 rings (SSSR count). The predicted octanol–water partition coefficient (Wildman–Crippen LogP) is -0.226. The van der Waals surface area contributed by atoms with Gasteiger partial charge in [0.1, 0.15) is 0 Å². The molecular weight excluding hydrogens is 160 g/mol. The maximum atomic E-state index is 5.93. The molecule has 0 spiro atoms. The zero-order chi connectivity index (χ0) is 8.84. The van der Waals surface area contributed by atoms with E-state index in [1.54, 1.807) is 0 Å². The monoisotopic (exact) mass is 172 g/mol. The molecule has 0 saturated heterocycles. The third-order valence-corrected chi connectivity index (χ3v) is 2.82. The molecule has 13 heavy (non-hydrogen) atoms. The Hall–Kier alpha value is -1.28. The number of anilines is 1. The van der Waals surface area contributed by atoms with Gasteiger partial charge in [-0.15, -0.1) is 0 Å². The van der Waals surface area contributed by atoms with Gasteiger partial charge in [0.15, 0.2) is 0 Å². The van der Waals surface area contributed by atoms with E-state index in [9.17, 15) is 0 Å². The van der Waals surface area contributed by atoms with Crippen LogP contribution in [-0.2, 0) is 0 Å². The van der Waals surface area contributed by atoms with Crippen molar-refractivity contribution in [1.82, 2.24) is 0 Å². The zero-order valence-corrected chi connectivity index (χ0v) is 7.38. The number of nitrogens with one attached hydrogen (secondary N) is 1. The van der Waals surface area contributed by atoms with Crippen LogP contribution in [0.5, 0.6) is 0 Å². The van der Waals surface area contributed by atoms with Crippen LogP contribution in [0.1, 0.15) is 6.42 Å². The summed E-state index contributed by atoms with van der Waals surface area (Å²) < 4.78 is 0. The second-order valence-corrected chi connectivity index (χ2v) is 3.76. The standard InChI is InChI=1S/C11H12N2/c12-9-4-7-2-1-3-10-11(7)8(5-9)6-13-10/h1-4,9,13H,5-6,12H2. The van der Waals surface area contributed by atoms with E-state index in [0.717, 1.165) is 13.0 Å². The molecule has 0 aromatic heterocycles. The Morgan fingerprint density at radius 2 is 2.31 bits per heavy atom. The average molecular weight is 172 g/mol. The van der Waals surface area contributed by atoms with Gasteiger partial charge in [-0.25, -0.2) is 0 Å². The molecule has 0 bridgehead atoms. The summed E-state index contributed by atoms with van der Waals surface area (Å²) in [5.74, 6) is 0.